The number of aromatic nitrogens is 5. The molecule has 1 amide bonds. The van der Waals surface area contributed by atoms with Gasteiger partial charge in [-0.25, -0.2) is 14.6 Å². The highest BCUT2D eigenvalue weighted by atomic mass is 16.5. The summed E-state index contributed by atoms with van der Waals surface area (Å²) in [6, 6.07) is 9.00. The number of aryl methyl sites for hydroxylation is 4. The van der Waals surface area contributed by atoms with Gasteiger partial charge >= 0.3 is 0 Å². The third kappa shape index (κ3) is 4.01. The van der Waals surface area contributed by atoms with Crippen molar-refractivity contribution in [3.63, 3.8) is 0 Å². The fourth-order valence-corrected chi connectivity index (χ4v) is 3.83. The summed E-state index contributed by atoms with van der Waals surface area (Å²) in [6.45, 7) is 3.71. The second kappa shape index (κ2) is 8.70. The highest BCUT2D eigenvalue weighted by molar-refractivity contribution is 5.86. The third-order valence-corrected chi connectivity index (χ3v) is 5.30. The first-order chi connectivity index (χ1) is 15.4. The van der Waals surface area contributed by atoms with Crippen LogP contribution in [0.5, 0.6) is 11.6 Å². The third-order valence-electron chi connectivity index (χ3n) is 5.30. The number of carbonyl (C=O) groups is 1. The van der Waals surface area contributed by atoms with Gasteiger partial charge in [-0.3, -0.25) is 4.79 Å². The van der Waals surface area contributed by atoms with Gasteiger partial charge in [-0.2, -0.15) is 0 Å². The number of para-hydroxylation sites is 1. The molecule has 3 aromatic heterocycles. The molecule has 0 saturated carbocycles. The zero-order valence-electron chi connectivity index (χ0n) is 18.8. The van der Waals surface area contributed by atoms with Crippen molar-refractivity contribution in [2.75, 3.05) is 13.7 Å². The Labute approximate surface area is 186 Å². The molecule has 4 aromatic rings. The maximum atomic E-state index is 12.9. The molecule has 0 fully saturated rings. The molecule has 3 heterocycles. The number of carbonyl (C=O) groups excluding carboxylic acids is 1. The average molecular weight is 435 g/mol. The van der Waals surface area contributed by atoms with Crippen LogP contribution in [-0.4, -0.2) is 43.9 Å². The van der Waals surface area contributed by atoms with Crippen LogP contribution < -0.4 is 14.8 Å². The van der Waals surface area contributed by atoms with Gasteiger partial charge in [0.05, 0.1) is 12.5 Å². The van der Waals surface area contributed by atoms with E-state index >= 15 is 0 Å². The van der Waals surface area contributed by atoms with E-state index in [2.05, 4.69) is 20.4 Å². The lowest BCUT2D eigenvalue weighted by Gasteiger charge is -2.21. The first kappa shape index (κ1) is 21.4. The summed E-state index contributed by atoms with van der Waals surface area (Å²) in [4.78, 5) is 21.9. The highest BCUT2D eigenvalue weighted by Crippen LogP contribution is 2.29. The van der Waals surface area contributed by atoms with Crippen molar-refractivity contribution in [2.24, 2.45) is 14.1 Å². The number of pyridine rings is 1. The van der Waals surface area contributed by atoms with Gasteiger partial charge < -0.3 is 19.4 Å². The molecule has 9 nitrogen and oxygen atoms in total. The molecule has 0 spiro atoms. The van der Waals surface area contributed by atoms with Crippen molar-refractivity contribution in [1.29, 1.82) is 0 Å². The van der Waals surface area contributed by atoms with E-state index < -0.39 is 6.04 Å². The predicted molar refractivity (Wildman–Crippen MR) is 120 cm³/mol. The minimum atomic E-state index is -0.506. The number of fused-ring (bicyclic) bond motifs is 1. The molecule has 0 saturated heterocycles. The SMILES string of the molecule is COc1ccccc1C(NC(=O)COc1nn(C)c2nc(C)cc(C)c12)c1nccn1C. The standard InChI is InChI=1S/C23H26N6O3/c1-14-12-15(2)25-21-19(14)23(27-29(21)4)32-13-18(30)26-20(22-24-10-11-28(22)3)16-8-6-7-9-17(16)31-5/h6-12,20H,13H2,1-5H3,(H,26,30). The highest BCUT2D eigenvalue weighted by Gasteiger charge is 2.24. The number of nitrogens with one attached hydrogen (secondary N) is 1. The minimum Gasteiger partial charge on any atom is -0.496 e. The zero-order chi connectivity index (χ0) is 22.8. The Bertz CT molecular complexity index is 1280. The monoisotopic (exact) mass is 434 g/mol. The van der Waals surface area contributed by atoms with Gasteiger partial charge in [-0.1, -0.05) is 18.2 Å². The lowest BCUT2D eigenvalue weighted by Crippen LogP contribution is -2.34. The molecule has 1 atom stereocenters. The number of nitrogens with zero attached hydrogens (tertiary/aromatic N) is 5. The summed E-state index contributed by atoms with van der Waals surface area (Å²) < 4.78 is 14.9. The topological polar surface area (TPSA) is 96.1 Å². The molecule has 0 aliphatic carbocycles. The molecule has 166 valence electrons. The molecular weight excluding hydrogens is 408 g/mol. The Hall–Kier alpha value is -3.88. The molecule has 0 aliphatic heterocycles. The lowest BCUT2D eigenvalue weighted by atomic mass is 10.0. The van der Waals surface area contributed by atoms with Gasteiger partial charge in [0.2, 0.25) is 5.88 Å². The largest absolute Gasteiger partial charge is 0.496 e. The van der Waals surface area contributed by atoms with Crippen LogP contribution in [0.1, 0.15) is 28.7 Å². The van der Waals surface area contributed by atoms with Crippen LogP contribution in [-0.2, 0) is 18.9 Å². The van der Waals surface area contributed by atoms with Gasteiger partial charge in [0.15, 0.2) is 12.3 Å². The molecule has 0 aliphatic rings. The van der Waals surface area contributed by atoms with Gasteiger partial charge in [0.1, 0.15) is 17.6 Å². The number of hydrogen-bond donors (Lipinski definition) is 1. The quantitative estimate of drug-likeness (QED) is 0.480. The molecule has 4 rings (SSSR count). The van der Waals surface area contributed by atoms with Crippen LogP contribution >= 0.6 is 0 Å². The smallest absolute Gasteiger partial charge is 0.258 e. The number of hydrogen-bond acceptors (Lipinski definition) is 6. The first-order valence-electron chi connectivity index (χ1n) is 10.2. The van der Waals surface area contributed by atoms with Crippen LogP contribution in [0.25, 0.3) is 11.0 Å². The van der Waals surface area contributed by atoms with Gasteiger partial charge in [0, 0.05) is 37.7 Å². The summed E-state index contributed by atoms with van der Waals surface area (Å²) in [5.74, 6) is 1.42. The molecule has 0 bridgehead atoms. The second-order valence-electron chi connectivity index (χ2n) is 7.64. The summed E-state index contributed by atoms with van der Waals surface area (Å²) >= 11 is 0. The van der Waals surface area contributed by atoms with E-state index in [4.69, 9.17) is 9.47 Å². The van der Waals surface area contributed by atoms with Crippen molar-refractivity contribution < 1.29 is 14.3 Å². The van der Waals surface area contributed by atoms with Crippen molar-refractivity contribution in [3.8, 4) is 11.6 Å². The Balaban J connectivity index is 1.58. The number of amides is 1. The van der Waals surface area contributed by atoms with Crippen LogP contribution in [0.4, 0.5) is 0 Å². The number of ether oxygens (including phenoxy) is 2. The first-order valence-corrected chi connectivity index (χ1v) is 10.2. The molecule has 1 N–H and O–H groups in total. The van der Waals surface area contributed by atoms with E-state index in [1.165, 1.54) is 0 Å². The Morgan fingerprint density at radius 2 is 2.00 bits per heavy atom. The lowest BCUT2D eigenvalue weighted by molar-refractivity contribution is -0.123. The molecular formula is C23H26N6O3. The van der Waals surface area contributed by atoms with Crippen LogP contribution in [0.3, 0.4) is 0 Å². The number of imidazole rings is 1. The maximum Gasteiger partial charge on any atom is 0.258 e. The number of benzene rings is 1. The molecule has 1 aromatic carbocycles. The van der Waals surface area contributed by atoms with Gasteiger partial charge in [-0.05, 0) is 31.5 Å². The normalized spacial score (nSPS) is 12.0. The van der Waals surface area contributed by atoms with Crippen LogP contribution in [0.15, 0.2) is 42.7 Å². The zero-order valence-corrected chi connectivity index (χ0v) is 18.8. The van der Waals surface area contributed by atoms with Crippen LogP contribution in [0.2, 0.25) is 0 Å². The Kier molecular flexibility index (Phi) is 5.81. The van der Waals surface area contributed by atoms with E-state index in [-0.39, 0.29) is 12.5 Å². The van der Waals surface area contributed by atoms with E-state index in [9.17, 15) is 4.79 Å². The van der Waals surface area contributed by atoms with Gasteiger partial charge in [0.25, 0.3) is 5.91 Å². The molecule has 1 unspecified atom stereocenters. The van der Waals surface area contributed by atoms with Gasteiger partial charge in [-0.15, -0.1) is 5.10 Å². The van der Waals surface area contributed by atoms with Crippen LogP contribution in [0, 0.1) is 13.8 Å². The molecule has 0 radical (unpaired) electrons. The van der Waals surface area contributed by atoms with Crippen molar-refractivity contribution >= 4 is 16.9 Å². The maximum absolute atomic E-state index is 12.9. The fraction of sp³-hybridized carbons (Fsp3) is 0.304. The van der Waals surface area contributed by atoms with E-state index in [0.29, 0.717) is 17.5 Å². The summed E-state index contributed by atoms with van der Waals surface area (Å²) in [5, 5.41) is 8.23. The average Bonchev–Trinajstić information content (AvgIpc) is 3.33. The van der Waals surface area contributed by atoms with E-state index in [1.54, 1.807) is 25.0 Å². The number of methoxy groups -OCH3 is 1. The van der Waals surface area contributed by atoms with Crippen molar-refractivity contribution in [2.45, 2.75) is 19.9 Å². The summed E-state index contributed by atoms with van der Waals surface area (Å²) in [6.07, 6.45) is 3.52. The predicted octanol–water partition coefficient (Wildman–Crippen LogP) is 2.61. The second-order valence-corrected chi connectivity index (χ2v) is 7.64. The Morgan fingerprint density at radius 3 is 2.72 bits per heavy atom. The Morgan fingerprint density at radius 1 is 1.22 bits per heavy atom. The molecule has 32 heavy (non-hydrogen) atoms. The van der Waals surface area contributed by atoms with Crippen molar-refractivity contribution in [3.05, 3.63) is 65.4 Å². The number of rotatable bonds is 7. The van der Waals surface area contributed by atoms with E-state index in [1.807, 2.05) is 62.0 Å². The summed E-state index contributed by atoms with van der Waals surface area (Å²) in [7, 11) is 5.29. The minimum absolute atomic E-state index is 0.199. The summed E-state index contributed by atoms with van der Waals surface area (Å²) in [5.41, 5.74) is 3.42. The van der Waals surface area contributed by atoms with Crippen molar-refractivity contribution in [1.82, 2.24) is 29.6 Å². The fourth-order valence-electron chi connectivity index (χ4n) is 3.83. The van der Waals surface area contributed by atoms with E-state index in [0.717, 1.165) is 27.9 Å². The molecule has 9 heteroatoms.